The van der Waals surface area contributed by atoms with Crippen LogP contribution >= 0.6 is 15.9 Å². The minimum atomic E-state index is 0.437. The first-order chi connectivity index (χ1) is 9.72. The van der Waals surface area contributed by atoms with Crippen LogP contribution in [0.25, 0.3) is 0 Å². The molecule has 0 heterocycles. The van der Waals surface area contributed by atoms with Gasteiger partial charge in [0.2, 0.25) is 0 Å². The molecular weight excluding hydrogens is 318 g/mol. The summed E-state index contributed by atoms with van der Waals surface area (Å²) in [5, 5.41) is 0. The molecular formula is C16H18BrNO2. The molecule has 2 aromatic carbocycles. The standard InChI is InChI=1S/C16H18BrNO2/c1-2-9-19-14-4-6-15(7-5-14)20-16-8-3-13(17)10-12(16)11-18/h3-8,10H,2,9,11,18H2,1H3. The van der Waals surface area contributed by atoms with E-state index in [1.54, 1.807) is 0 Å². The predicted octanol–water partition coefficient (Wildman–Crippen LogP) is 4.49. The molecule has 106 valence electrons. The van der Waals surface area contributed by atoms with E-state index in [1.165, 1.54) is 0 Å². The Labute approximate surface area is 127 Å². The van der Waals surface area contributed by atoms with Crippen molar-refractivity contribution >= 4 is 15.9 Å². The van der Waals surface area contributed by atoms with E-state index in [-0.39, 0.29) is 0 Å². The third-order valence-electron chi connectivity index (χ3n) is 2.77. The number of benzene rings is 2. The molecule has 0 fully saturated rings. The van der Waals surface area contributed by atoms with Crippen molar-refractivity contribution in [2.24, 2.45) is 5.73 Å². The quantitative estimate of drug-likeness (QED) is 0.845. The molecule has 0 aliphatic carbocycles. The molecule has 2 aromatic rings. The van der Waals surface area contributed by atoms with Crippen molar-refractivity contribution in [2.75, 3.05) is 6.61 Å². The molecule has 3 nitrogen and oxygen atoms in total. The van der Waals surface area contributed by atoms with Crippen molar-refractivity contribution in [2.45, 2.75) is 19.9 Å². The Kier molecular flexibility index (Phi) is 5.44. The van der Waals surface area contributed by atoms with Gasteiger partial charge in [-0.1, -0.05) is 22.9 Å². The number of nitrogens with two attached hydrogens (primary N) is 1. The molecule has 0 saturated heterocycles. The lowest BCUT2D eigenvalue weighted by Gasteiger charge is -2.11. The van der Waals surface area contributed by atoms with Gasteiger partial charge in [0.05, 0.1) is 6.61 Å². The molecule has 0 aromatic heterocycles. The lowest BCUT2D eigenvalue weighted by atomic mass is 10.2. The molecule has 0 aliphatic rings. The van der Waals surface area contributed by atoms with E-state index in [0.29, 0.717) is 6.54 Å². The van der Waals surface area contributed by atoms with E-state index in [0.717, 1.165) is 40.3 Å². The lowest BCUT2D eigenvalue weighted by Crippen LogP contribution is -1.99. The zero-order chi connectivity index (χ0) is 14.4. The molecule has 20 heavy (non-hydrogen) atoms. The molecule has 0 saturated carbocycles. The highest BCUT2D eigenvalue weighted by atomic mass is 79.9. The number of halogens is 1. The molecule has 2 N–H and O–H groups in total. The summed E-state index contributed by atoms with van der Waals surface area (Å²) in [7, 11) is 0. The average Bonchev–Trinajstić information content (AvgIpc) is 2.48. The van der Waals surface area contributed by atoms with Crippen molar-refractivity contribution < 1.29 is 9.47 Å². The second kappa shape index (κ2) is 7.31. The molecule has 0 spiro atoms. The minimum Gasteiger partial charge on any atom is -0.494 e. The number of hydrogen-bond donors (Lipinski definition) is 1. The second-order valence-corrected chi connectivity index (χ2v) is 5.29. The van der Waals surface area contributed by atoms with Gasteiger partial charge in [0.15, 0.2) is 0 Å². The van der Waals surface area contributed by atoms with Crippen LogP contribution in [0.2, 0.25) is 0 Å². The largest absolute Gasteiger partial charge is 0.494 e. The van der Waals surface area contributed by atoms with Gasteiger partial charge in [-0.05, 0) is 48.9 Å². The van der Waals surface area contributed by atoms with Gasteiger partial charge in [0, 0.05) is 16.6 Å². The maximum Gasteiger partial charge on any atom is 0.131 e. The average molecular weight is 336 g/mol. The lowest BCUT2D eigenvalue weighted by molar-refractivity contribution is 0.317. The minimum absolute atomic E-state index is 0.437. The number of rotatable bonds is 6. The van der Waals surface area contributed by atoms with E-state index < -0.39 is 0 Å². The van der Waals surface area contributed by atoms with E-state index in [9.17, 15) is 0 Å². The van der Waals surface area contributed by atoms with Gasteiger partial charge in [-0.15, -0.1) is 0 Å². The normalized spacial score (nSPS) is 10.3. The van der Waals surface area contributed by atoms with Crippen molar-refractivity contribution in [3.05, 3.63) is 52.5 Å². The van der Waals surface area contributed by atoms with E-state index in [1.807, 2.05) is 42.5 Å². The topological polar surface area (TPSA) is 44.5 Å². The fraction of sp³-hybridized carbons (Fsp3) is 0.250. The van der Waals surface area contributed by atoms with Crippen LogP contribution in [-0.4, -0.2) is 6.61 Å². The predicted molar refractivity (Wildman–Crippen MR) is 84.3 cm³/mol. The van der Waals surface area contributed by atoms with Crippen LogP contribution in [0.5, 0.6) is 17.2 Å². The molecule has 0 amide bonds. The van der Waals surface area contributed by atoms with Gasteiger partial charge in [-0.2, -0.15) is 0 Å². The van der Waals surface area contributed by atoms with Crippen LogP contribution in [0, 0.1) is 0 Å². The highest BCUT2D eigenvalue weighted by Crippen LogP contribution is 2.28. The van der Waals surface area contributed by atoms with Crippen LogP contribution in [0.3, 0.4) is 0 Å². The second-order valence-electron chi connectivity index (χ2n) is 4.38. The Balaban J connectivity index is 2.10. The zero-order valence-corrected chi connectivity index (χ0v) is 13.0. The summed E-state index contributed by atoms with van der Waals surface area (Å²) in [6.07, 6.45) is 0.997. The summed E-state index contributed by atoms with van der Waals surface area (Å²) in [6.45, 7) is 3.25. The molecule has 4 heteroatoms. The van der Waals surface area contributed by atoms with E-state index >= 15 is 0 Å². The van der Waals surface area contributed by atoms with Crippen molar-refractivity contribution in [1.29, 1.82) is 0 Å². The van der Waals surface area contributed by atoms with E-state index in [2.05, 4.69) is 22.9 Å². The first kappa shape index (κ1) is 14.9. The molecule has 0 aliphatic heterocycles. The molecule has 0 atom stereocenters. The third-order valence-corrected chi connectivity index (χ3v) is 3.26. The molecule has 0 radical (unpaired) electrons. The Morgan fingerprint density at radius 3 is 2.40 bits per heavy atom. The number of ether oxygens (including phenoxy) is 2. The van der Waals surface area contributed by atoms with Crippen molar-refractivity contribution in [3.8, 4) is 17.2 Å². The van der Waals surface area contributed by atoms with Gasteiger partial charge in [-0.3, -0.25) is 0 Å². The van der Waals surface area contributed by atoms with Gasteiger partial charge in [0.1, 0.15) is 17.2 Å². The fourth-order valence-corrected chi connectivity index (χ4v) is 2.17. The maximum absolute atomic E-state index is 5.86. The first-order valence-corrected chi connectivity index (χ1v) is 7.41. The molecule has 0 unspecified atom stereocenters. The molecule has 2 rings (SSSR count). The van der Waals surface area contributed by atoms with Crippen LogP contribution < -0.4 is 15.2 Å². The summed E-state index contributed by atoms with van der Waals surface area (Å²) < 4.78 is 12.4. The highest BCUT2D eigenvalue weighted by molar-refractivity contribution is 9.10. The Bertz CT molecular complexity index is 555. The smallest absolute Gasteiger partial charge is 0.131 e. The summed E-state index contributed by atoms with van der Waals surface area (Å²) in [5.41, 5.74) is 6.69. The third kappa shape index (κ3) is 3.99. The van der Waals surface area contributed by atoms with Gasteiger partial charge >= 0.3 is 0 Å². The highest BCUT2D eigenvalue weighted by Gasteiger charge is 2.05. The van der Waals surface area contributed by atoms with Crippen LogP contribution in [0.1, 0.15) is 18.9 Å². The summed E-state index contributed by atoms with van der Waals surface area (Å²) in [5.74, 6) is 2.40. The molecule has 0 bridgehead atoms. The summed E-state index contributed by atoms with van der Waals surface area (Å²) >= 11 is 3.43. The maximum atomic E-state index is 5.86. The Morgan fingerprint density at radius 2 is 1.75 bits per heavy atom. The van der Waals surface area contributed by atoms with Crippen LogP contribution in [0.15, 0.2) is 46.9 Å². The summed E-state index contributed by atoms with van der Waals surface area (Å²) in [4.78, 5) is 0. The zero-order valence-electron chi connectivity index (χ0n) is 11.4. The van der Waals surface area contributed by atoms with Crippen molar-refractivity contribution in [3.63, 3.8) is 0 Å². The van der Waals surface area contributed by atoms with Gasteiger partial charge in [0.25, 0.3) is 0 Å². The monoisotopic (exact) mass is 335 g/mol. The summed E-state index contributed by atoms with van der Waals surface area (Å²) in [6, 6.07) is 13.4. The Morgan fingerprint density at radius 1 is 1.05 bits per heavy atom. The van der Waals surface area contributed by atoms with Crippen LogP contribution in [-0.2, 0) is 6.54 Å². The first-order valence-electron chi connectivity index (χ1n) is 6.62. The van der Waals surface area contributed by atoms with E-state index in [4.69, 9.17) is 15.2 Å². The SMILES string of the molecule is CCCOc1ccc(Oc2ccc(Br)cc2CN)cc1. The van der Waals surface area contributed by atoms with Crippen LogP contribution in [0.4, 0.5) is 0 Å². The number of hydrogen-bond acceptors (Lipinski definition) is 3. The van der Waals surface area contributed by atoms with Gasteiger partial charge in [-0.25, -0.2) is 0 Å². The van der Waals surface area contributed by atoms with Crippen molar-refractivity contribution in [1.82, 2.24) is 0 Å². The Hall–Kier alpha value is -1.52. The fourth-order valence-electron chi connectivity index (χ4n) is 1.76. The van der Waals surface area contributed by atoms with Gasteiger partial charge < -0.3 is 15.2 Å².